The van der Waals surface area contributed by atoms with Crippen molar-refractivity contribution < 1.29 is 14.7 Å². The molecule has 1 aliphatic rings. The smallest absolute Gasteiger partial charge is 0.327 e. The van der Waals surface area contributed by atoms with Crippen molar-refractivity contribution in [3.8, 4) is 0 Å². The summed E-state index contributed by atoms with van der Waals surface area (Å²) in [4.78, 5) is 36.3. The molecule has 1 saturated heterocycles. The number of aromatic nitrogens is 1. The van der Waals surface area contributed by atoms with Crippen molar-refractivity contribution >= 4 is 23.6 Å². The first kappa shape index (κ1) is 13.7. The van der Waals surface area contributed by atoms with Crippen LogP contribution in [0, 0.1) is 0 Å². The molecule has 0 aliphatic carbocycles. The summed E-state index contributed by atoms with van der Waals surface area (Å²) in [5.41, 5.74) is -0.0686. The van der Waals surface area contributed by atoms with Gasteiger partial charge in [0.25, 0.3) is 11.5 Å². The molecule has 1 aromatic rings. The van der Waals surface area contributed by atoms with Gasteiger partial charge in [-0.25, -0.2) is 4.79 Å². The van der Waals surface area contributed by atoms with Crippen LogP contribution in [-0.4, -0.2) is 43.6 Å². The van der Waals surface area contributed by atoms with Crippen molar-refractivity contribution in [2.45, 2.75) is 18.3 Å². The molecule has 1 amide bonds. The number of aryl methyl sites for hydroxylation is 1. The zero-order valence-corrected chi connectivity index (χ0v) is 11.4. The number of carboxylic acids is 1. The zero-order chi connectivity index (χ0) is 14.2. The van der Waals surface area contributed by atoms with Crippen LogP contribution in [0.2, 0.25) is 0 Å². The number of amides is 1. The fraction of sp³-hybridized carbons (Fsp3) is 0.417. The van der Waals surface area contributed by atoms with Crippen LogP contribution in [-0.2, 0) is 11.8 Å². The molecule has 0 bridgehead atoms. The number of rotatable bonds is 2. The highest BCUT2D eigenvalue weighted by atomic mass is 32.2. The third-order valence-corrected chi connectivity index (χ3v) is 4.31. The van der Waals surface area contributed by atoms with Crippen LogP contribution < -0.4 is 5.56 Å². The Balaban J connectivity index is 2.34. The highest BCUT2D eigenvalue weighted by Crippen LogP contribution is 2.30. The second kappa shape index (κ2) is 5.08. The van der Waals surface area contributed by atoms with Gasteiger partial charge >= 0.3 is 5.97 Å². The summed E-state index contributed by atoms with van der Waals surface area (Å²) in [6, 6.07) is 1.92. The quantitative estimate of drug-likeness (QED) is 0.848. The van der Waals surface area contributed by atoms with Crippen molar-refractivity contribution in [1.82, 2.24) is 9.47 Å². The standard InChI is InChI=1S/C12H14N2O4S/c1-7-14(9(6-19-7)12(17)18)11(16)8-3-4-13(2)10(15)5-8/h3-5,7,9H,6H2,1-2H3,(H,17,18). The molecular formula is C12H14N2O4S. The van der Waals surface area contributed by atoms with Crippen LogP contribution in [0.25, 0.3) is 0 Å². The molecule has 19 heavy (non-hydrogen) atoms. The molecule has 0 radical (unpaired) electrons. The minimum Gasteiger partial charge on any atom is -0.480 e. The van der Waals surface area contributed by atoms with E-state index in [1.165, 1.54) is 39.6 Å². The molecule has 1 aromatic heterocycles. The number of thioether (sulfide) groups is 1. The number of pyridine rings is 1. The molecular weight excluding hydrogens is 268 g/mol. The topological polar surface area (TPSA) is 79.6 Å². The van der Waals surface area contributed by atoms with E-state index in [9.17, 15) is 14.4 Å². The predicted octanol–water partition coefficient (Wildman–Crippen LogP) is 0.373. The lowest BCUT2D eigenvalue weighted by atomic mass is 10.2. The number of carboxylic acid groups (broad SMARTS) is 1. The molecule has 7 heteroatoms. The maximum atomic E-state index is 12.3. The summed E-state index contributed by atoms with van der Waals surface area (Å²) in [5.74, 6) is -1.07. The van der Waals surface area contributed by atoms with Crippen molar-refractivity contribution in [1.29, 1.82) is 0 Å². The Kier molecular flexibility index (Phi) is 3.66. The van der Waals surface area contributed by atoms with Gasteiger partial charge in [-0.3, -0.25) is 9.59 Å². The lowest BCUT2D eigenvalue weighted by Crippen LogP contribution is -2.45. The highest BCUT2D eigenvalue weighted by molar-refractivity contribution is 8.00. The van der Waals surface area contributed by atoms with Crippen molar-refractivity contribution in [2.24, 2.45) is 7.05 Å². The predicted molar refractivity (Wildman–Crippen MR) is 71.2 cm³/mol. The Morgan fingerprint density at radius 1 is 1.47 bits per heavy atom. The van der Waals surface area contributed by atoms with E-state index < -0.39 is 17.9 Å². The monoisotopic (exact) mass is 282 g/mol. The van der Waals surface area contributed by atoms with Gasteiger partial charge in [-0.2, -0.15) is 0 Å². The lowest BCUT2D eigenvalue weighted by molar-refractivity contribution is -0.141. The molecule has 0 aromatic carbocycles. The van der Waals surface area contributed by atoms with E-state index in [0.29, 0.717) is 5.75 Å². The molecule has 1 aliphatic heterocycles. The first-order valence-corrected chi connectivity index (χ1v) is 6.80. The van der Waals surface area contributed by atoms with Crippen LogP contribution in [0.3, 0.4) is 0 Å². The van der Waals surface area contributed by atoms with Gasteiger partial charge in [-0.1, -0.05) is 0 Å². The Morgan fingerprint density at radius 2 is 2.16 bits per heavy atom. The zero-order valence-electron chi connectivity index (χ0n) is 10.6. The Labute approximate surface area is 114 Å². The van der Waals surface area contributed by atoms with Crippen LogP contribution in [0.5, 0.6) is 0 Å². The molecule has 0 spiro atoms. The molecule has 2 unspecified atom stereocenters. The molecule has 2 atom stereocenters. The average molecular weight is 282 g/mol. The Morgan fingerprint density at radius 3 is 2.74 bits per heavy atom. The van der Waals surface area contributed by atoms with E-state index >= 15 is 0 Å². The van der Waals surface area contributed by atoms with Gasteiger partial charge in [0.2, 0.25) is 0 Å². The summed E-state index contributed by atoms with van der Waals surface area (Å²) >= 11 is 1.41. The number of hydrogen-bond donors (Lipinski definition) is 1. The maximum absolute atomic E-state index is 12.3. The molecule has 2 rings (SSSR count). The minimum atomic E-state index is -1.02. The van der Waals surface area contributed by atoms with Gasteiger partial charge in [0.15, 0.2) is 0 Å². The first-order valence-electron chi connectivity index (χ1n) is 5.75. The van der Waals surface area contributed by atoms with Crippen LogP contribution >= 0.6 is 11.8 Å². The van der Waals surface area contributed by atoms with Crippen molar-refractivity contribution in [3.63, 3.8) is 0 Å². The SMILES string of the molecule is CC1SCC(C(=O)O)N1C(=O)c1ccn(C)c(=O)c1. The second-order valence-electron chi connectivity index (χ2n) is 4.36. The van der Waals surface area contributed by atoms with E-state index in [1.54, 1.807) is 14.0 Å². The molecule has 0 saturated carbocycles. The average Bonchev–Trinajstić information content (AvgIpc) is 2.74. The number of aliphatic carboxylic acids is 1. The largest absolute Gasteiger partial charge is 0.480 e. The summed E-state index contributed by atoms with van der Waals surface area (Å²) in [6.07, 6.45) is 1.50. The van der Waals surface area contributed by atoms with Crippen LogP contribution in [0.4, 0.5) is 0 Å². The summed E-state index contributed by atoms with van der Waals surface area (Å²) in [5, 5.41) is 8.91. The minimum absolute atomic E-state index is 0.211. The fourth-order valence-electron chi connectivity index (χ4n) is 1.97. The van der Waals surface area contributed by atoms with Crippen LogP contribution in [0.15, 0.2) is 23.1 Å². The first-order chi connectivity index (χ1) is 8.91. The van der Waals surface area contributed by atoms with Gasteiger partial charge in [0.05, 0.1) is 5.37 Å². The molecule has 6 nitrogen and oxygen atoms in total. The van der Waals surface area contributed by atoms with Gasteiger partial charge in [0.1, 0.15) is 6.04 Å². The van der Waals surface area contributed by atoms with Crippen molar-refractivity contribution in [3.05, 3.63) is 34.2 Å². The lowest BCUT2D eigenvalue weighted by Gasteiger charge is -2.25. The van der Waals surface area contributed by atoms with E-state index in [0.717, 1.165) is 0 Å². The highest BCUT2D eigenvalue weighted by Gasteiger charge is 2.39. The van der Waals surface area contributed by atoms with E-state index in [2.05, 4.69) is 0 Å². The molecule has 1 fully saturated rings. The summed E-state index contributed by atoms with van der Waals surface area (Å²) in [6.45, 7) is 1.78. The number of carbonyl (C=O) groups is 2. The summed E-state index contributed by atoms with van der Waals surface area (Å²) < 4.78 is 1.35. The van der Waals surface area contributed by atoms with E-state index in [1.807, 2.05) is 0 Å². The summed E-state index contributed by atoms with van der Waals surface area (Å²) in [7, 11) is 1.59. The van der Waals surface area contributed by atoms with Gasteiger partial charge in [0, 0.05) is 30.6 Å². The number of nitrogens with zero attached hydrogens (tertiary/aromatic N) is 2. The Hall–Kier alpha value is -1.76. The third kappa shape index (κ3) is 2.51. The number of hydrogen-bond acceptors (Lipinski definition) is 4. The normalized spacial score (nSPS) is 22.5. The second-order valence-corrected chi connectivity index (χ2v) is 5.71. The maximum Gasteiger partial charge on any atom is 0.327 e. The van der Waals surface area contributed by atoms with E-state index in [4.69, 9.17) is 5.11 Å². The molecule has 102 valence electrons. The van der Waals surface area contributed by atoms with Crippen LogP contribution in [0.1, 0.15) is 17.3 Å². The van der Waals surface area contributed by atoms with E-state index in [-0.39, 0.29) is 16.5 Å². The molecule has 2 heterocycles. The molecule has 1 N–H and O–H groups in total. The third-order valence-electron chi connectivity index (χ3n) is 3.09. The van der Waals surface area contributed by atoms with Gasteiger partial charge in [-0.05, 0) is 13.0 Å². The van der Waals surface area contributed by atoms with Crippen molar-refractivity contribution in [2.75, 3.05) is 5.75 Å². The Bertz CT molecular complexity index is 583. The van der Waals surface area contributed by atoms with Gasteiger partial charge < -0.3 is 14.6 Å². The number of carbonyl (C=O) groups excluding carboxylic acids is 1. The fourth-order valence-corrected chi connectivity index (χ4v) is 3.14. The van der Waals surface area contributed by atoms with Gasteiger partial charge in [-0.15, -0.1) is 11.8 Å².